The van der Waals surface area contributed by atoms with E-state index in [4.69, 9.17) is 0 Å². The minimum atomic E-state index is -0.0554. The summed E-state index contributed by atoms with van der Waals surface area (Å²) in [7, 11) is 2.09. The molecular formula is C20H20N4O. The van der Waals surface area contributed by atoms with Crippen molar-refractivity contribution in [3.8, 4) is 0 Å². The van der Waals surface area contributed by atoms with Crippen molar-refractivity contribution in [3.63, 3.8) is 0 Å². The number of rotatable bonds is 2. The summed E-state index contributed by atoms with van der Waals surface area (Å²) < 4.78 is 0. The van der Waals surface area contributed by atoms with Crippen molar-refractivity contribution in [3.05, 3.63) is 72.1 Å². The Kier molecular flexibility index (Phi) is 4.15. The van der Waals surface area contributed by atoms with E-state index in [2.05, 4.69) is 34.0 Å². The van der Waals surface area contributed by atoms with E-state index < -0.39 is 0 Å². The maximum absolute atomic E-state index is 13.1. The quantitative estimate of drug-likeness (QED) is 0.724. The minimum Gasteiger partial charge on any atom is -0.328 e. The fourth-order valence-corrected chi connectivity index (χ4v) is 3.33. The van der Waals surface area contributed by atoms with Crippen LogP contribution in [0.1, 0.15) is 22.1 Å². The molecule has 1 saturated heterocycles. The van der Waals surface area contributed by atoms with Gasteiger partial charge in [0.05, 0.1) is 23.3 Å². The fraction of sp³-hybridized carbons (Fsp3) is 0.250. The number of benzene rings is 2. The standard InChI is InChI=1S/C20H20N4O/c1-23-11-12-24(19(14-23)15-7-3-2-4-8-15)20(25)18-13-21-16-9-5-6-10-17(16)22-18/h2-10,13,19H,11-12,14H2,1H3/t19-/m0/s1. The van der Waals surface area contributed by atoms with Crippen LogP contribution in [-0.4, -0.2) is 52.4 Å². The van der Waals surface area contributed by atoms with Crippen LogP contribution in [0.5, 0.6) is 0 Å². The predicted molar refractivity (Wildman–Crippen MR) is 97.3 cm³/mol. The molecule has 0 unspecified atom stereocenters. The molecule has 0 saturated carbocycles. The van der Waals surface area contributed by atoms with Crippen molar-refractivity contribution in [1.29, 1.82) is 0 Å². The average Bonchev–Trinajstić information content (AvgIpc) is 2.67. The van der Waals surface area contributed by atoms with Gasteiger partial charge in [-0.1, -0.05) is 42.5 Å². The molecule has 2 aromatic carbocycles. The van der Waals surface area contributed by atoms with E-state index >= 15 is 0 Å². The van der Waals surface area contributed by atoms with Gasteiger partial charge in [0.2, 0.25) is 0 Å². The second-order valence-corrected chi connectivity index (χ2v) is 6.43. The number of fused-ring (bicyclic) bond motifs is 1. The molecule has 0 aliphatic carbocycles. The number of hydrogen-bond donors (Lipinski definition) is 0. The average molecular weight is 332 g/mol. The lowest BCUT2D eigenvalue weighted by Crippen LogP contribution is -2.49. The van der Waals surface area contributed by atoms with E-state index in [1.54, 1.807) is 6.20 Å². The highest BCUT2D eigenvalue weighted by Gasteiger charge is 2.31. The van der Waals surface area contributed by atoms with Gasteiger partial charge in [-0.3, -0.25) is 9.78 Å². The van der Waals surface area contributed by atoms with Crippen LogP contribution in [0.2, 0.25) is 0 Å². The van der Waals surface area contributed by atoms with Gasteiger partial charge >= 0.3 is 0 Å². The Balaban J connectivity index is 1.68. The summed E-state index contributed by atoms with van der Waals surface area (Å²) in [5.74, 6) is -0.0554. The first-order valence-electron chi connectivity index (χ1n) is 8.48. The third kappa shape index (κ3) is 3.10. The van der Waals surface area contributed by atoms with E-state index in [0.29, 0.717) is 12.2 Å². The molecule has 1 fully saturated rings. The summed E-state index contributed by atoms with van der Waals surface area (Å²) >= 11 is 0. The highest BCUT2D eigenvalue weighted by Crippen LogP contribution is 2.26. The van der Waals surface area contributed by atoms with Crippen molar-refractivity contribution in [2.45, 2.75) is 6.04 Å². The Morgan fingerprint density at radius 1 is 1.00 bits per heavy atom. The Bertz CT molecular complexity index is 896. The van der Waals surface area contributed by atoms with Crippen LogP contribution < -0.4 is 0 Å². The van der Waals surface area contributed by atoms with Crippen molar-refractivity contribution < 1.29 is 4.79 Å². The topological polar surface area (TPSA) is 49.3 Å². The summed E-state index contributed by atoms with van der Waals surface area (Å²) in [6.45, 7) is 2.36. The highest BCUT2D eigenvalue weighted by molar-refractivity contribution is 5.94. The molecule has 4 rings (SSSR count). The van der Waals surface area contributed by atoms with Gasteiger partial charge in [-0.05, 0) is 24.7 Å². The van der Waals surface area contributed by atoms with Gasteiger partial charge in [-0.25, -0.2) is 4.98 Å². The minimum absolute atomic E-state index is 0.0284. The monoisotopic (exact) mass is 332 g/mol. The maximum Gasteiger partial charge on any atom is 0.274 e. The molecule has 1 aromatic heterocycles. The lowest BCUT2D eigenvalue weighted by atomic mass is 10.0. The van der Waals surface area contributed by atoms with Gasteiger partial charge in [0.1, 0.15) is 5.69 Å². The second-order valence-electron chi connectivity index (χ2n) is 6.43. The summed E-state index contributed by atoms with van der Waals surface area (Å²) in [5, 5.41) is 0. The molecule has 5 nitrogen and oxygen atoms in total. The first-order valence-corrected chi connectivity index (χ1v) is 8.48. The Morgan fingerprint density at radius 2 is 1.72 bits per heavy atom. The number of aromatic nitrogens is 2. The van der Waals surface area contributed by atoms with Crippen molar-refractivity contribution in [2.24, 2.45) is 0 Å². The Hall–Kier alpha value is -2.79. The van der Waals surface area contributed by atoms with Crippen molar-refractivity contribution in [1.82, 2.24) is 19.8 Å². The third-order valence-corrected chi connectivity index (χ3v) is 4.70. The van der Waals surface area contributed by atoms with E-state index in [1.165, 1.54) is 0 Å². The normalized spacial score (nSPS) is 18.4. The fourth-order valence-electron chi connectivity index (χ4n) is 3.33. The molecule has 0 radical (unpaired) electrons. The van der Waals surface area contributed by atoms with Gasteiger partial charge in [-0.2, -0.15) is 0 Å². The first kappa shape index (κ1) is 15.7. The molecule has 1 amide bonds. The summed E-state index contributed by atoms with van der Waals surface area (Å²) in [5.41, 5.74) is 3.11. The molecule has 25 heavy (non-hydrogen) atoms. The molecule has 1 aliphatic heterocycles. The summed E-state index contributed by atoms with van der Waals surface area (Å²) in [4.78, 5) is 26.2. The highest BCUT2D eigenvalue weighted by atomic mass is 16.2. The third-order valence-electron chi connectivity index (χ3n) is 4.70. The van der Waals surface area contributed by atoms with Crippen molar-refractivity contribution >= 4 is 16.9 Å². The van der Waals surface area contributed by atoms with Crippen LogP contribution >= 0.6 is 0 Å². The van der Waals surface area contributed by atoms with Crippen LogP contribution in [0.15, 0.2) is 60.8 Å². The number of amides is 1. The second kappa shape index (κ2) is 6.61. The SMILES string of the molecule is CN1CCN(C(=O)c2cnc3ccccc3n2)[C@H](c2ccccc2)C1. The van der Waals surface area contributed by atoms with Gasteiger partial charge in [0.15, 0.2) is 0 Å². The van der Waals surface area contributed by atoms with Crippen LogP contribution in [-0.2, 0) is 0 Å². The van der Waals surface area contributed by atoms with E-state index in [1.807, 2.05) is 47.4 Å². The zero-order valence-corrected chi connectivity index (χ0v) is 14.2. The first-order chi connectivity index (χ1) is 12.2. The lowest BCUT2D eigenvalue weighted by molar-refractivity contribution is 0.0492. The van der Waals surface area contributed by atoms with Crippen LogP contribution in [0, 0.1) is 0 Å². The van der Waals surface area contributed by atoms with Crippen LogP contribution in [0.3, 0.4) is 0 Å². The van der Waals surface area contributed by atoms with Gasteiger partial charge in [0.25, 0.3) is 5.91 Å². The number of carbonyl (C=O) groups is 1. The number of piperazine rings is 1. The number of nitrogens with zero attached hydrogens (tertiary/aromatic N) is 4. The molecular weight excluding hydrogens is 312 g/mol. The maximum atomic E-state index is 13.1. The zero-order chi connectivity index (χ0) is 17.2. The molecule has 5 heteroatoms. The Labute approximate surface area is 146 Å². The summed E-state index contributed by atoms with van der Waals surface area (Å²) in [6, 6.07) is 17.8. The smallest absolute Gasteiger partial charge is 0.274 e. The molecule has 0 bridgehead atoms. The van der Waals surface area contributed by atoms with Gasteiger partial charge in [-0.15, -0.1) is 0 Å². The van der Waals surface area contributed by atoms with Crippen LogP contribution in [0.4, 0.5) is 0 Å². The molecule has 126 valence electrons. The zero-order valence-electron chi connectivity index (χ0n) is 14.2. The molecule has 1 aliphatic rings. The number of carbonyl (C=O) groups excluding carboxylic acids is 1. The number of likely N-dealkylation sites (N-methyl/N-ethyl adjacent to an activating group) is 1. The van der Waals surface area contributed by atoms with E-state index in [0.717, 1.165) is 29.7 Å². The molecule has 0 spiro atoms. The van der Waals surface area contributed by atoms with E-state index in [9.17, 15) is 4.79 Å². The Morgan fingerprint density at radius 3 is 2.52 bits per heavy atom. The molecule has 2 heterocycles. The van der Waals surface area contributed by atoms with Gasteiger partial charge in [0, 0.05) is 19.6 Å². The molecule has 3 aromatic rings. The van der Waals surface area contributed by atoms with E-state index in [-0.39, 0.29) is 11.9 Å². The molecule has 0 N–H and O–H groups in total. The predicted octanol–water partition coefficient (Wildman–Crippen LogP) is 2.76. The van der Waals surface area contributed by atoms with Crippen LogP contribution in [0.25, 0.3) is 11.0 Å². The summed E-state index contributed by atoms with van der Waals surface area (Å²) in [6.07, 6.45) is 1.59. The lowest BCUT2D eigenvalue weighted by Gasteiger charge is -2.40. The largest absolute Gasteiger partial charge is 0.328 e. The molecule has 1 atom stereocenters. The van der Waals surface area contributed by atoms with Gasteiger partial charge < -0.3 is 9.80 Å². The van der Waals surface area contributed by atoms with Crippen molar-refractivity contribution in [2.75, 3.05) is 26.7 Å². The number of hydrogen-bond acceptors (Lipinski definition) is 4. The number of para-hydroxylation sites is 2.